The van der Waals surface area contributed by atoms with Crippen molar-refractivity contribution >= 4 is 28.4 Å². The normalized spacial score (nSPS) is 17.3. The second-order valence-corrected chi connectivity index (χ2v) is 9.48. The summed E-state index contributed by atoms with van der Waals surface area (Å²) in [5.74, 6) is 0.567. The van der Waals surface area contributed by atoms with Gasteiger partial charge < -0.3 is 24.3 Å². The van der Waals surface area contributed by atoms with E-state index in [2.05, 4.69) is 33.1 Å². The van der Waals surface area contributed by atoms with E-state index in [9.17, 15) is 9.59 Å². The first-order valence-electron chi connectivity index (χ1n) is 12.8. The first-order chi connectivity index (χ1) is 17.7. The van der Waals surface area contributed by atoms with Gasteiger partial charge in [-0.05, 0) is 49.2 Å². The number of carbonyl (C=O) groups is 2. The fourth-order valence-electron chi connectivity index (χ4n) is 4.94. The van der Waals surface area contributed by atoms with Crippen LogP contribution in [-0.2, 0) is 20.9 Å². The van der Waals surface area contributed by atoms with Gasteiger partial charge in [-0.15, -0.1) is 0 Å². The third-order valence-electron chi connectivity index (χ3n) is 7.12. The summed E-state index contributed by atoms with van der Waals surface area (Å²) in [5.41, 5.74) is 1.99. The van der Waals surface area contributed by atoms with Crippen LogP contribution in [0.3, 0.4) is 0 Å². The number of benzene rings is 2. The minimum atomic E-state index is -0.0992. The first-order valence-corrected chi connectivity index (χ1v) is 12.8. The standard InChI is InChI=1S/C28H34N4O4/c33-27(21-36-25-4-2-1-3-5-25)32-12-8-22(9-13-32)28(34)29-24-6-7-26-23(20-24)10-11-31(26)15-14-30-16-18-35-19-17-30/h1-7,10-11,20,22H,8-9,12-19,21H2,(H,29,34). The summed E-state index contributed by atoms with van der Waals surface area (Å²) >= 11 is 0. The number of para-hydroxylation sites is 1. The summed E-state index contributed by atoms with van der Waals surface area (Å²) in [4.78, 5) is 29.6. The second-order valence-electron chi connectivity index (χ2n) is 9.48. The molecule has 8 heteroatoms. The molecule has 190 valence electrons. The molecule has 2 aromatic carbocycles. The molecule has 8 nitrogen and oxygen atoms in total. The van der Waals surface area contributed by atoms with Gasteiger partial charge in [0.2, 0.25) is 5.91 Å². The van der Waals surface area contributed by atoms with Crippen LogP contribution in [0.2, 0.25) is 0 Å². The van der Waals surface area contributed by atoms with Gasteiger partial charge in [0.05, 0.1) is 13.2 Å². The molecule has 2 aliphatic heterocycles. The molecule has 0 spiro atoms. The van der Waals surface area contributed by atoms with Crippen LogP contribution in [0.15, 0.2) is 60.8 Å². The number of nitrogens with zero attached hydrogens (tertiary/aromatic N) is 3. The van der Waals surface area contributed by atoms with Crippen molar-refractivity contribution in [3.8, 4) is 5.75 Å². The van der Waals surface area contributed by atoms with Crippen molar-refractivity contribution in [1.82, 2.24) is 14.4 Å². The molecule has 2 fully saturated rings. The maximum atomic E-state index is 12.9. The Kier molecular flexibility index (Phi) is 7.83. The third kappa shape index (κ3) is 6.06. The molecule has 2 saturated heterocycles. The molecule has 1 N–H and O–H groups in total. The second kappa shape index (κ2) is 11.6. The number of anilines is 1. The molecular formula is C28H34N4O4. The molecule has 5 rings (SSSR count). The van der Waals surface area contributed by atoms with E-state index in [0.29, 0.717) is 31.7 Å². The number of carbonyl (C=O) groups excluding carboxylic acids is 2. The van der Waals surface area contributed by atoms with E-state index >= 15 is 0 Å². The highest BCUT2D eigenvalue weighted by molar-refractivity contribution is 5.95. The van der Waals surface area contributed by atoms with Gasteiger partial charge in [0.1, 0.15) is 5.75 Å². The number of morpholine rings is 1. The van der Waals surface area contributed by atoms with Gasteiger partial charge in [0.25, 0.3) is 5.91 Å². The Balaban J connectivity index is 1.09. The number of nitrogens with one attached hydrogen (secondary N) is 1. The van der Waals surface area contributed by atoms with Crippen molar-refractivity contribution in [2.45, 2.75) is 19.4 Å². The average molecular weight is 491 g/mol. The van der Waals surface area contributed by atoms with E-state index in [1.165, 1.54) is 5.52 Å². The fraction of sp³-hybridized carbons (Fsp3) is 0.429. The lowest BCUT2D eigenvalue weighted by atomic mass is 9.95. The Morgan fingerprint density at radius 3 is 2.50 bits per heavy atom. The number of hydrogen-bond acceptors (Lipinski definition) is 5. The van der Waals surface area contributed by atoms with Crippen molar-refractivity contribution < 1.29 is 19.1 Å². The van der Waals surface area contributed by atoms with Gasteiger partial charge in [0.15, 0.2) is 6.61 Å². The van der Waals surface area contributed by atoms with Crippen LogP contribution in [0.25, 0.3) is 10.9 Å². The zero-order valence-corrected chi connectivity index (χ0v) is 20.6. The largest absolute Gasteiger partial charge is 0.484 e. The summed E-state index contributed by atoms with van der Waals surface area (Å²) in [7, 11) is 0. The zero-order chi connectivity index (χ0) is 24.7. The highest BCUT2D eigenvalue weighted by Crippen LogP contribution is 2.24. The minimum absolute atomic E-state index is 0.0208. The van der Waals surface area contributed by atoms with Gasteiger partial charge in [-0.1, -0.05) is 18.2 Å². The van der Waals surface area contributed by atoms with Gasteiger partial charge in [-0.2, -0.15) is 0 Å². The van der Waals surface area contributed by atoms with Crippen molar-refractivity contribution in [3.63, 3.8) is 0 Å². The average Bonchev–Trinajstić information content (AvgIpc) is 3.34. The summed E-state index contributed by atoms with van der Waals surface area (Å²) in [6.07, 6.45) is 3.43. The topological polar surface area (TPSA) is 76.0 Å². The van der Waals surface area contributed by atoms with E-state index in [0.717, 1.165) is 50.5 Å². The molecular weight excluding hydrogens is 456 g/mol. The van der Waals surface area contributed by atoms with Gasteiger partial charge in [-0.3, -0.25) is 14.5 Å². The summed E-state index contributed by atoms with van der Waals surface area (Å²) in [5, 5.41) is 4.21. The van der Waals surface area contributed by atoms with Crippen molar-refractivity contribution in [1.29, 1.82) is 0 Å². The molecule has 0 radical (unpaired) electrons. The van der Waals surface area contributed by atoms with Crippen LogP contribution in [0, 0.1) is 5.92 Å². The molecule has 0 aliphatic carbocycles. The van der Waals surface area contributed by atoms with Crippen LogP contribution in [0.1, 0.15) is 12.8 Å². The van der Waals surface area contributed by atoms with Crippen molar-refractivity contribution in [2.24, 2.45) is 5.92 Å². The molecule has 2 amide bonds. The van der Waals surface area contributed by atoms with Gasteiger partial charge in [0, 0.05) is 68.0 Å². The van der Waals surface area contributed by atoms with E-state index in [1.54, 1.807) is 4.90 Å². The SMILES string of the molecule is O=C(Nc1ccc2c(ccn2CCN2CCOCC2)c1)C1CCN(C(=O)COc2ccccc2)CC1. The number of rotatable bonds is 8. The van der Waals surface area contributed by atoms with Gasteiger partial charge in [-0.25, -0.2) is 0 Å². The van der Waals surface area contributed by atoms with E-state index < -0.39 is 0 Å². The van der Waals surface area contributed by atoms with Crippen molar-refractivity contribution in [3.05, 3.63) is 60.8 Å². The molecule has 0 atom stereocenters. The summed E-state index contributed by atoms with van der Waals surface area (Å²) in [6.45, 7) is 6.70. The maximum absolute atomic E-state index is 12.9. The van der Waals surface area contributed by atoms with Crippen LogP contribution >= 0.6 is 0 Å². The predicted octanol–water partition coefficient (Wildman–Crippen LogP) is 3.23. The quantitative estimate of drug-likeness (QED) is 0.525. The summed E-state index contributed by atoms with van der Waals surface area (Å²) < 4.78 is 13.3. The molecule has 1 aromatic heterocycles. The fourth-order valence-corrected chi connectivity index (χ4v) is 4.94. The first kappa shape index (κ1) is 24.3. The van der Waals surface area contributed by atoms with Crippen molar-refractivity contribution in [2.75, 3.05) is 57.9 Å². The highest BCUT2D eigenvalue weighted by atomic mass is 16.5. The van der Waals surface area contributed by atoms with Crippen LogP contribution < -0.4 is 10.1 Å². The lowest BCUT2D eigenvalue weighted by Gasteiger charge is -2.31. The third-order valence-corrected chi connectivity index (χ3v) is 7.12. The monoisotopic (exact) mass is 490 g/mol. The van der Waals surface area contributed by atoms with Crippen LogP contribution in [0.5, 0.6) is 5.75 Å². The predicted molar refractivity (Wildman–Crippen MR) is 139 cm³/mol. The maximum Gasteiger partial charge on any atom is 0.260 e. The molecule has 3 heterocycles. The number of amides is 2. The Morgan fingerprint density at radius 2 is 1.72 bits per heavy atom. The molecule has 0 bridgehead atoms. The zero-order valence-electron chi connectivity index (χ0n) is 20.6. The number of aromatic nitrogens is 1. The van der Waals surface area contributed by atoms with E-state index in [4.69, 9.17) is 9.47 Å². The Labute approximate surface area is 211 Å². The molecule has 36 heavy (non-hydrogen) atoms. The summed E-state index contributed by atoms with van der Waals surface area (Å²) in [6, 6.07) is 17.5. The number of hydrogen-bond donors (Lipinski definition) is 1. The smallest absolute Gasteiger partial charge is 0.260 e. The minimum Gasteiger partial charge on any atom is -0.484 e. The highest BCUT2D eigenvalue weighted by Gasteiger charge is 2.27. The Hall–Kier alpha value is -3.36. The number of piperidine rings is 1. The van der Waals surface area contributed by atoms with Crippen LogP contribution in [0.4, 0.5) is 5.69 Å². The lowest BCUT2D eigenvalue weighted by molar-refractivity contribution is -0.136. The molecule has 3 aromatic rings. The lowest BCUT2D eigenvalue weighted by Crippen LogP contribution is -2.43. The molecule has 2 aliphatic rings. The van der Waals surface area contributed by atoms with Gasteiger partial charge >= 0.3 is 0 Å². The molecule has 0 unspecified atom stereocenters. The van der Waals surface area contributed by atoms with E-state index in [1.807, 2.05) is 42.5 Å². The Bertz CT molecular complexity index is 1160. The number of likely N-dealkylation sites (tertiary alicyclic amines) is 1. The van der Waals surface area contributed by atoms with Crippen LogP contribution in [-0.4, -0.2) is 78.7 Å². The van der Waals surface area contributed by atoms with E-state index in [-0.39, 0.29) is 24.3 Å². The molecule has 0 saturated carbocycles. The number of fused-ring (bicyclic) bond motifs is 1. The Morgan fingerprint density at radius 1 is 0.944 bits per heavy atom. The number of ether oxygens (including phenoxy) is 2.